The zero-order valence-corrected chi connectivity index (χ0v) is 15.6. The van der Waals surface area contributed by atoms with Gasteiger partial charge in [0.1, 0.15) is 11.9 Å². The lowest BCUT2D eigenvalue weighted by atomic mass is 9.91. The molecule has 0 spiro atoms. The van der Waals surface area contributed by atoms with Gasteiger partial charge in [-0.2, -0.15) is 0 Å². The topological polar surface area (TPSA) is 51.8 Å². The van der Waals surface area contributed by atoms with Crippen molar-refractivity contribution in [1.82, 2.24) is 10.6 Å². The summed E-state index contributed by atoms with van der Waals surface area (Å²) in [4.78, 5) is 0.814. The highest BCUT2D eigenvalue weighted by Crippen LogP contribution is 2.40. The quantitative estimate of drug-likeness (QED) is 0.806. The Morgan fingerprint density at radius 3 is 2.88 bits per heavy atom. The van der Waals surface area contributed by atoms with Crippen molar-refractivity contribution in [1.29, 1.82) is 0 Å². The van der Waals surface area contributed by atoms with E-state index in [-0.39, 0.29) is 18.3 Å². The summed E-state index contributed by atoms with van der Waals surface area (Å²) in [5.41, 5.74) is 2.18. The molecule has 0 aromatic heterocycles. The van der Waals surface area contributed by atoms with Crippen molar-refractivity contribution < 1.29 is 14.2 Å². The maximum Gasteiger partial charge on any atom is 0.166 e. The van der Waals surface area contributed by atoms with Crippen molar-refractivity contribution in [2.75, 3.05) is 13.7 Å². The fourth-order valence-corrected chi connectivity index (χ4v) is 3.84. The summed E-state index contributed by atoms with van der Waals surface area (Å²) in [7, 11) is 1.66. The predicted molar refractivity (Wildman–Crippen MR) is 104 cm³/mol. The average molecular weight is 370 g/mol. The molecule has 0 amide bonds. The Hall–Kier alpha value is -2.31. The molecule has 0 aliphatic carbocycles. The van der Waals surface area contributed by atoms with E-state index < -0.39 is 0 Å². The van der Waals surface area contributed by atoms with E-state index in [1.165, 1.54) is 0 Å². The summed E-state index contributed by atoms with van der Waals surface area (Å²) in [5, 5.41) is 6.94. The lowest BCUT2D eigenvalue weighted by Crippen LogP contribution is -2.60. The van der Waals surface area contributed by atoms with Crippen molar-refractivity contribution in [3.8, 4) is 17.2 Å². The Bertz CT molecular complexity index is 826. The van der Waals surface area contributed by atoms with E-state index in [0.717, 1.165) is 39.8 Å². The normalized spacial score (nSPS) is 23.9. The molecule has 3 atom stereocenters. The van der Waals surface area contributed by atoms with Crippen LogP contribution in [0.3, 0.4) is 0 Å². The number of para-hydroxylation sites is 1. The highest BCUT2D eigenvalue weighted by molar-refractivity contribution is 7.80. The van der Waals surface area contributed by atoms with Gasteiger partial charge >= 0.3 is 0 Å². The number of hydrogen-bond acceptors (Lipinski definition) is 5. The molecule has 2 N–H and O–H groups in total. The Kier molecular flexibility index (Phi) is 4.70. The van der Waals surface area contributed by atoms with Crippen LogP contribution in [-0.2, 0) is 6.42 Å². The number of thiocarbonyl (C=S) groups is 1. The van der Waals surface area contributed by atoms with Gasteiger partial charge in [-0.15, -0.1) is 0 Å². The Labute approximate surface area is 158 Å². The van der Waals surface area contributed by atoms with Gasteiger partial charge in [0, 0.05) is 0 Å². The molecule has 2 aromatic rings. The smallest absolute Gasteiger partial charge is 0.166 e. The summed E-state index contributed by atoms with van der Waals surface area (Å²) in [6.07, 6.45) is 0.499. The first-order valence-electron chi connectivity index (χ1n) is 8.81. The Morgan fingerprint density at radius 2 is 2.08 bits per heavy atom. The fraction of sp³-hybridized carbons (Fsp3) is 0.350. The Balaban J connectivity index is 1.61. The molecule has 5 nitrogen and oxygen atoms in total. The van der Waals surface area contributed by atoms with Crippen LogP contribution in [0.5, 0.6) is 17.2 Å². The largest absolute Gasteiger partial charge is 0.497 e. The zero-order valence-electron chi connectivity index (χ0n) is 14.8. The molecule has 4 rings (SSSR count). The van der Waals surface area contributed by atoms with E-state index in [2.05, 4.69) is 16.7 Å². The average Bonchev–Trinajstić information content (AvgIpc) is 2.67. The summed E-state index contributed by atoms with van der Waals surface area (Å²) in [6.45, 7) is 2.58. The zero-order chi connectivity index (χ0) is 18.1. The van der Waals surface area contributed by atoms with Crippen molar-refractivity contribution in [2.24, 2.45) is 5.92 Å². The highest BCUT2D eigenvalue weighted by Gasteiger charge is 2.40. The number of hydrogen-bond donors (Lipinski definition) is 2. The Morgan fingerprint density at radius 1 is 1.23 bits per heavy atom. The summed E-state index contributed by atoms with van der Waals surface area (Å²) < 4.78 is 17.4. The molecular weight excluding hydrogens is 348 g/mol. The molecule has 2 aliphatic rings. The molecule has 2 aromatic carbocycles. The van der Waals surface area contributed by atoms with Crippen LogP contribution in [-0.4, -0.2) is 24.9 Å². The fourth-order valence-electron chi connectivity index (χ4n) is 3.51. The molecule has 2 heterocycles. The predicted octanol–water partition coefficient (Wildman–Crippen LogP) is 3.19. The number of rotatable bonds is 4. The van der Waals surface area contributed by atoms with E-state index in [9.17, 15) is 0 Å². The van der Waals surface area contributed by atoms with E-state index in [1.54, 1.807) is 7.11 Å². The minimum atomic E-state index is -0.200. The van der Waals surface area contributed by atoms with Gasteiger partial charge < -0.3 is 19.5 Å². The lowest BCUT2D eigenvalue weighted by molar-refractivity contribution is 0.0762. The van der Waals surface area contributed by atoms with Crippen LogP contribution in [0.2, 0.25) is 0 Å². The number of nitrogens with one attached hydrogen (secondary N) is 2. The van der Waals surface area contributed by atoms with Crippen molar-refractivity contribution in [3.05, 3.63) is 53.6 Å². The van der Waals surface area contributed by atoms with Crippen molar-refractivity contribution in [3.63, 3.8) is 0 Å². The van der Waals surface area contributed by atoms with Gasteiger partial charge in [-0.1, -0.05) is 36.5 Å². The second-order valence-electron chi connectivity index (χ2n) is 6.41. The van der Waals surface area contributed by atoms with Crippen molar-refractivity contribution >= 4 is 17.2 Å². The minimum Gasteiger partial charge on any atom is -0.497 e. The van der Waals surface area contributed by atoms with E-state index in [0.29, 0.717) is 6.61 Å². The van der Waals surface area contributed by atoms with Gasteiger partial charge in [-0.3, -0.25) is 5.32 Å². The van der Waals surface area contributed by atoms with Gasteiger partial charge in [-0.25, -0.2) is 0 Å². The second kappa shape index (κ2) is 7.13. The van der Waals surface area contributed by atoms with Crippen LogP contribution < -0.4 is 24.8 Å². The first-order chi connectivity index (χ1) is 12.7. The second-order valence-corrected chi connectivity index (χ2v) is 6.85. The SMILES string of the molecule is CCOc1cccc2c1OC1NC(c3cccc(OC)c3)NC(=S)C1C2. The third-order valence-electron chi connectivity index (χ3n) is 4.79. The molecule has 0 bridgehead atoms. The molecular formula is C20H22N2O3S. The van der Waals surface area contributed by atoms with Crippen LogP contribution in [0.25, 0.3) is 0 Å². The third kappa shape index (κ3) is 3.10. The first-order valence-corrected chi connectivity index (χ1v) is 9.22. The van der Waals surface area contributed by atoms with Gasteiger partial charge in [0.2, 0.25) is 0 Å². The summed E-state index contributed by atoms with van der Waals surface area (Å²) in [5.74, 6) is 2.51. The maximum absolute atomic E-state index is 6.30. The molecule has 2 aliphatic heterocycles. The van der Waals surface area contributed by atoms with Crippen LogP contribution in [0.4, 0.5) is 0 Å². The molecule has 1 saturated heterocycles. The molecule has 0 saturated carbocycles. The van der Waals surface area contributed by atoms with E-state index in [4.69, 9.17) is 26.4 Å². The van der Waals surface area contributed by atoms with Crippen molar-refractivity contribution in [2.45, 2.75) is 25.7 Å². The van der Waals surface area contributed by atoms with E-state index >= 15 is 0 Å². The van der Waals surface area contributed by atoms with Gasteiger partial charge in [0.05, 0.1) is 24.6 Å². The van der Waals surface area contributed by atoms with E-state index in [1.807, 2.05) is 43.3 Å². The number of fused-ring (bicyclic) bond motifs is 2. The standard InChI is InChI=1S/C20H22N2O3S/c1-3-24-16-9-5-6-12-11-15-19(25-17(12)16)21-18(22-20(15)26)13-7-4-8-14(10-13)23-2/h4-10,15,18-19,21H,3,11H2,1-2H3,(H,22,26). The third-order valence-corrected chi connectivity index (χ3v) is 5.21. The number of benzene rings is 2. The molecule has 136 valence electrons. The molecule has 1 fully saturated rings. The van der Waals surface area contributed by atoms with Gasteiger partial charge in [0.15, 0.2) is 17.7 Å². The molecule has 6 heteroatoms. The first kappa shape index (κ1) is 17.1. The highest BCUT2D eigenvalue weighted by atomic mass is 32.1. The van der Waals surface area contributed by atoms with Gasteiger partial charge in [0.25, 0.3) is 0 Å². The summed E-state index contributed by atoms with van der Waals surface area (Å²) >= 11 is 5.66. The maximum atomic E-state index is 6.30. The monoisotopic (exact) mass is 370 g/mol. The molecule has 3 unspecified atom stereocenters. The van der Waals surface area contributed by atoms with Crippen LogP contribution in [0.1, 0.15) is 24.2 Å². The molecule has 26 heavy (non-hydrogen) atoms. The van der Waals surface area contributed by atoms with Crippen LogP contribution in [0, 0.1) is 5.92 Å². The number of methoxy groups -OCH3 is 1. The minimum absolute atomic E-state index is 0.0937. The van der Waals surface area contributed by atoms with Crippen LogP contribution in [0.15, 0.2) is 42.5 Å². The van der Waals surface area contributed by atoms with Gasteiger partial charge in [-0.05, 0) is 42.7 Å². The lowest BCUT2D eigenvalue weighted by Gasteiger charge is -2.42. The number of ether oxygens (including phenoxy) is 3. The van der Waals surface area contributed by atoms with Crippen LogP contribution >= 0.6 is 12.2 Å². The molecule has 0 radical (unpaired) electrons. The summed E-state index contributed by atoms with van der Waals surface area (Å²) in [6, 6.07) is 14.0.